The van der Waals surface area contributed by atoms with Gasteiger partial charge in [0.25, 0.3) is 0 Å². The second kappa shape index (κ2) is 7.71. The summed E-state index contributed by atoms with van der Waals surface area (Å²) in [4.78, 5) is 31.5. The number of aromatic nitrogens is 1. The van der Waals surface area contributed by atoms with Gasteiger partial charge in [0.15, 0.2) is 0 Å². The molecule has 1 aromatic heterocycles. The number of hydrogen-bond acceptors (Lipinski definition) is 3. The van der Waals surface area contributed by atoms with Crippen molar-refractivity contribution in [1.82, 2.24) is 9.88 Å². The molecule has 2 saturated carbocycles. The van der Waals surface area contributed by atoms with Gasteiger partial charge in [0.2, 0.25) is 11.8 Å². The molecule has 5 nitrogen and oxygen atoms in total. The Morgan fingerprint density at radius 1 is 1.19 bits per heavy atom. The lowest BCUT2D eigenvalue weighted by molar-refractivity contribution is -0.136. The van der Waals surface area contributed by atoms with Gasteiger partial charge in [-0.15, -0.1) is 0 Å². The summed E-state index contributed by atoms with van der Waals surface area (Å²) < 4.78 is 0. The van der Waals surface area contributed by atoms with Crippen LogP contribution in [0.3, 0.4) is 0 Å². The average molecular weight is 436 g/mol. The number of amides is 2. The first-order valence-electron chi connectivity index (χ1n) is 12.4. The Balaban J connectivity index is 1.36. The van der Waals surface area contributed by atoms with Crippen LogP contribution in [-0.4, -0.2) is 28.7 Å². The quantitative estimate of drug-likeness (QED) is 0.691. The zero-order chi connectivity index (χ0) is 22.7. The summed E-state index contributed by atoms with van der Waals surface area (Å²) in [6, 6.07) is 5.62. The Kier molecular flexibility index (Phi) is 5.22. The Morgan fingerprint density at radius 3 is 2.75 bits per heavy atom. The number of pyridine rings is 1. The molecule has 3 aliphatic carbocycles. The van der Waals surface area contributed by atoms with Crippen LogP contribution in [0.4, 0.5) is 5.82 Å². The highest BCUT2D eigenvalue weighted by Gasteiger charge is 2.60. The van der Waals surface area contributed by atoms with Crippen LogP contribution in [-0.2, 0) is 9.59 Å². The maximum Gasteiger partial charge on any atom is 0.226 e. The van der Waals surface area contributed by atoms with Gasteiger partial charge in [-0.1, -0.05) is 25.5 Å². The number of carbonyl (C=O) groups is 2. The maximum absolute atomic E-state index is 12.8. The third-order valence-corrected chi connectivity index (χ3v) is 9.87. The van der Waals surface area contributed by atoms with Crippen LogP contribution >= 0.6 is 0 Å². The largest absolute Gasteiger partial charge is 0.319 e. The van der Waals surface area contributed by atoms with Gasteiger partial charge in [0.1, 0.15) is 5.82 Å². The molecule has 2 amide bonds. The number of hydrogen-bond donors (Lipinski definition) is 1. The first-order chi connectivity index (χ1) is 15.2. The van der Waals surface area contributed by atoms with E-state index in [9.17, 15) is 9.59 Å². The van der Waals surface area contributed by atoms with E-state index in [-0.39, 0.29) is 22.6 Å². The minimum absolute atomic E-state index is 0.0964. The van der Waals surface area contributed by atoms with E-state index in [2.05, 4.69) is 31.1 Å². The third kappa shape index (κ3) is 3.22. The van der Waals surface area contributed by atoms with Crippen molar-refractivity contribution in [2.75, 3.05) is 12.4 Å². The minimum atomic E-state index is 0.0964. The molecular weight excluding hydrogens is 398 g/mol. The fraction of sp³-hybridized carbons (Fsp3) is 0.667. The number of piperidine rings is 1. The highest BCUT2D eigenvalue weighted by molar-refractivity contribution is 5.89. The number of nitrogens with zero attached hydrogens (tertiary/aromatic N) is 2. The van der Waals surface area contributed by atoms with Crippen molar-refractivity contribution in [3.8, 4) is 0 Å². The van der Waals surface area contributed by atoms with Gasteiger partial charge in [0.05, 0.1) is 0 Å². The summed E-state index contributed by atoms with van der Waals surface area (Å²) in [7, 11) is 1.98. The van der Waals surface area contributed by atoms with E-state index in [0.29, 0.717) is 42.3 Å². The molecule has 0 aromatic carbocycles. The van der Waals surface area contributed by atoms with E-state index in [1.54, 1.807) is 6.20 Å². The highest BCUT2D eigenvalue weighted by atomic mass is 16.2. The van der Waals surface area contributed by atoms with Crippen LogP contribution in [0.1, 0.15) is 72.1 Å². The second-order valence-corrected chi connectivity index (χ2v) is 11.4. The van der Waals surface area contributed by atoms with E-state index in [1.807, 2.05) is 30.1 Å². The molecule has 0 spiro atoms. The van der Waals surface area contributed by atoms with Crippen LogP contribution < -0.4 is 5.32 Å². The molecule has 32 heavy (non-hydrogen) atoms. The molecule has 0 bridgehead atoms. The maximum atomic E-state index is 12.8. The molecule has 3 fully saturated rings. The van der Waals surface area contributed by atoms with Gasteiger partial charge in [0, 0.05) is 37.2 Å². The zero-order valence-corrected chi connectivity index (χ0v) is 20.0. The number of allylic oxidation sites excluding steroid dienone is 2. The Hall–Kier alpha value is -2.17. The summed E-state index contributed by atoms with van der Waals surface area (Å²) in [6.07, 6.45) is 9.86. The van der Waals surface area contributed by atoms with Crippen LogP contribution in [0, 0.1) is 34.5 Å². The van der Waals surface area contributed by atoms with Crippen LogP contribution in [0.5, 0.6) is 0 Å². The molecule has 5 heteroatoms. The molecular formula is C27H37N3O2. The van der Waals surface area contributed by atoms with Crippen LogP contribution in [0.25, 0.3) is 0 Å². The molecule has 0 unspecified atom stereocenters. The predicted molar refractivity (Wildman–Crippen MR) is 125 cm³/mol. The van der Waals surface area contributed by atoms with E-state index >= 15 is 0 Å². The molecule has 1 aromatic rings. The van der Waals surface area contributed by atoms with E-state index in [4.69, 9.17) is 0 Å². The van der Waals surface area contributed by atoms with Crippen LogP contribution in [0.2, 0.25) is 0 Å². The number of rotatable bonds is 3. The normalized spacial score (nSPS) is 38.8. The van der Waals surface area contributed by atoms with Gasteiger partial charge in [-0.25, -0.2) is 4.98 Å². The standard InChI is InChI=1S/C27H37N3O2/c1-17-15-19-20-9-8-18(16-23(31)29-22-7-5-6-14-28-22)26(20,2)12-10-21(19)27(3)13-11-24(32)30(4)25(17)27/h5-7,14,18-21H,8-13,15-16H2,1-4H3,(H,28,29,31)/t18-,19+,20+,21+,26-,27-/m1/s1. The minimum Gasteiger partial charge on any atom is -0.319 e. The molecule has 172 valence electrons. The van der Waals surface area contributed by atoms with Crippen molar-refractivity contribution < 1.29 is 9.59 Å². The summed E-state index contributed by atoms with van der Waals surface area (Å²) >= 11 is 0. The molecule has 1 N–H and O–H groups in total. The molecule has 5 rings (SSSR count). The average Bonchev–Trinajstić information content (AvgIpc) is 3.08. The van der Waals surface area contributed by atoms with Gasteiger partial charge in [-0.2, -0.15) is 0 Å². The summed E-state index contributed by atoms with van der Waals surface area (Å²) in [5.74, 6) is 3.44. The number of anilines is 1. The number of nitrogens with one attached hydrogen (secondary N) is 1. The van der Waals surface area contributed by atoms with E-state index in [0.717, 1.165) is 19.3 Å². The summed E-state index contributed by atoms with van der Waals surface area (Å²) in [5, 5.41) is 3.00. The molecule has 1 saturated heterocycles. The molecule has 2 heterocycles. The van der Waals surface area contributed by atoms with Gasteiger partial charge in [-0.3, -0.25) is 9.59 Å². The van der Waals surface area contributed by atoms with Gasteiger partial charge >= 0.3 is 0 Å². The first kappa shape index (κ1) is 21.7. The third-order valence-electron chi connectivity index (χ3n) is 9.87. The SMILES string of the molecule is CC1=C2N(C)C(=O)CC[C@]2(C)[C@H]2CC[C@]3(C)[C@@H](CC(=O)Nc4ccccn4)CC[C@H]3[C@@H]2C1. The number of carbonyl (C=O) groups excluding carboxylic acids is 2. The summed E-state index contributed by atoms with van der Waals surface area (Å²) in [5.41, 5.74) is 3.09. The van der Waals surface area contributed by atoms with E-state index < -0.39 is 0 Å². The van der Waals surface area contributed by atoms with Crippen molar-refractivity contribution in [2.45, 2.75) is 72.1 Å². The highest BCUT2D eigenvalue weighted by Crippen LogP contribution is 2.67. The second-order valence-electron chi connectivity index (χ2n) is 11.4. The summed E-state index contributed by atoms with van der Waals surface area (Å²) in [6.45, 7) is 7.16. The predicted octanol–water partition coefficient (Wildman–Crippen LogP) is 5.41. The molecule has 4 aliphatic rings. The van der Waals surface area contributed by atoms with Crippen molar-refractivity contribution in [1.29, 1.82) is 0 Å². The first-order valence-corrected chi connectivity index (χ1v) is 12.4. The van der Waals surface area contributed by atoms with Crippen molar-refractivity contribution >= 4 is 17.6 Å². The van der Waals surface area contributed by atoms with Crippen molar-refractivity contribution in [3.05, 3.63) is 35.7 Å². The Bertz CT molecular complexity index is 957. The number of fused-ring (bicyclic) bond motifs is 5. The van der Waals surface area contributed by atoms with Gasteiger partial charge in [-0.05, 0) is 86.7 Å². The molecule has 0 radical (unpaired) electrons. The van der Waals surface area contributed by atoms with Crippen molar-refractivity contribution in [2.24, 2.45) is 34.5 Å². The molecule has 1 aliphatic heterocycles. The lowest BCUT2D eigenvalue weighted by Crippen LogP contribution is -2.54. The fourth-order valence-corrected chi connectivity index (χ4v) is 8.41. The lowest BCUT2D eigenvalue weighted by Gasteiger charge is -2.59. The van der Waals surface area contributed by atoms with Gasteiger partial charge < -0.3 is 10.2 Å². The fourth-order valence-electron chi connectivity index (χ4n) is 8.41. The topological polar surface area (TPSA) is 62.3 Å². The zero-order valence-electron chi connectivity index (χ0n) is 20.0. The lowest BCUT2D eigenvalue weighted by atomic mass is 9.48. The Labute approximate surface area is 192 Å². The smallest absolute Gasteiger partial charge is 0.226 e. The monoisotopic (exact) mass is 435 g/mol. The Morgan fingerprint density at radius 2 is 2.00 bits per heavy atom. The van der Waals surface area contributed by atoms with E-state index in [1.165, 1.54) is 30.5 Å². The van der Waals surface area contributed by atoms with Crippen LogP contribution in [0.15, 0.2) is 35.7 Å². The number of likely N-dealkylation sites (tertiary alicyclic amines) is 1. The van der Waals surface area contributed by atoms with Crippen molar-refractivity contribution in [3.63, 3.8) is 0 Å². The molecule has 6 atom stereocenters.